The van der Waals surface area contributed by atoms with Gasteiger partial charge >= 0.3 is 0 Å². The Morgan fingerprint density at radius 1 is 0.889 bits per heavy atom. The van der Waals surface area contributed by atoms with Crippen molar-refractivity contribution < 1.29 is 17.6 Å². The van der Waals surface area contributed by atoms with Crippen LogP contribution < -0.4 is 0 Å². The Kier molecular flexibility index (Phi) is 8.64. The van der Waals surface area contributed by atoms with Gasteiger partial charge in [-0.2, -0.15) is 4.31 Å². The number of sulfonamides is 1. The van der Waals surface area contributed by atoms with Crippen LogP contribution in [0, 0.1) is 5.82 Å². The fraction of sp³-hybridized carbons (Fsp3) is 0.269. The molecule has 0 N–H and O–H groups in total. The predicted molar refractivity (Wildman–Crippen MR) is 139 cm³/mol. The van der Waals surface area contributed by atoms with E-state index in [1.165, 1.54) is 28.6 Å². The summed E-state index contributed by atoms with van der Waals surface area (Å²) in [7, 11) is -3.59. The van der Waals surface area contributed by atoms with Crippen molar-refractivity contribution in [2.24, 2.45) is 0 Å². The van der Waals surface area contributed by atoms with Crippen LogP contribution in [0.1, 0.15) is 15.9 Å². The Morgan fingerprint density at radius 3 is 2.19 bits per heavy atom. The maximum absolute atomic E-state index is 13.4. The second-order valence-corrected chi connectivity index (χ2v) is 11.4. The third kappa shape index (κ3) is 6.63. The minimum Gasteiger partial charge on any atom is -0.333 e. The summed E-state index contributed by atoms with van der Waals surface area (Å²) in [4.78, 5) is 17.3. The molecule has 1 fully saturated rings. The molecule has 0 spiro atoms. The Labute approximate surface area is 220 Å². The van der Waals surface area contributed by atoms with Crippen LogP contribution in [0.25, 0.3) is 0 Å². The molecule has 0 aromatic heterocycles. The minimum atomic E-state index is -3.59. The fourth-order valence-electron chi connectivity index (χ4n) is 4.08. The average molecular weight is 550 g/mol. The Morgan fingerprint density at radius 2 is 1.56 bits per heavy atom. The van der Waals surface area contributed by atoms with E-state index in [0.717, 1.165) is 5.56 Å². The summed E-state index contributed by atoms with van der Waals surface area (Å²) in [6.45, 7) is 3.10. The summed E-state index contributed by atoms with van der Waals surface area (Å²) in [6.07, 6.45) is 0. The third-order valence-electron chi connectivity index (χ3n) is 6.11. The molecule has 0 aliphatic carbocycles. The summed E-state index contributed by atoms with van der Waals surface area (Å²) in [5.74, 6) is -0.510. The fourth-order valence-corrected chi connectivity index (χ4v) is 5.82. The van der Waals surface area contributed by atoms with E-state index in [4.69, 9.17) is 23.2 Å². The van der Waals surface area contributed by atoms with Crippen molar-refractivity contribution in [2.45, 2.75) is 11.4 Å². The normalized spacial score (nSPS) is 15.1. The highest BCUT2D eigenvalue weighted by Crippen LogP contribution is 2.20. The van der Waals surface area contributed by atoms with E-state index < -0.39 is 10.0 Å². The molecule has 4 rings (SSSR count). The average Bonchev–Trinajstić information content (AvgIpc) is 2.88. The van der Waals surface area contributed by atoms with Gasteiger partial charge in [-0.05, 0) is 60.2 Å². The predicted octanol–water partition coefficient (Wildman–Crippen LogP) is 4.78. The van der Waals surface area contributed by atoms with Crippen LogP contribution in [0.2, 0.25) is 10.0 Å². The maximum atomic E-state index is 13.4. The van der Waals surface area contributed by atoms with Crippen molar-refractivity contribution in [2.75, 3.05) is 39.3 Å². The van der Waals surface area contributed by atoms with Crippen molar-refractivity contribution in [3.8, 4) is 0 Å². The van der Waals surface area contributed by atoms with E-state index >= 15 is 0 Å². The summed E-state index contributed by atoms with van der Waals surface area (Å²) >= 11 is 12.0. The first-order valence-electron chi connectivity index (χ1n) is 11.5. The number of amides is 1. The van der Waals surface area contributed by atoms with Gasteiger partial charge in [-0.3, -0.25) is 9.69 Å². The first kappa shape index (κ1) is 26.6. The summed E-state index contributed by atoms with van der Waals surface area (Å²) in [5.41, 5.74) is 1.29. The molecule has 3 aromatic rings. The maximum Gasteiger partial charge on any atom is 0.254 e. The molecule has 1 aliphatic heterocycles. The first-order valence-corrected chi connectivity index (χ1v) is 13.7. The van der Waals surface area contributed by atoms with Crippen LogP contribution in [0.5, 0.6) is 0 Å². The van der Waals surface area contributed by atoms with Gasteiger partial charge in [-0.25, -0.2) is 12.8 Å². The second kappa shape index (κ2) is 11.7. The highest BCUT2D eigenvalue weighted by molar-refractivity contribution is 7.89. The van der Waals surface area contributed by atoms with E-state index in [0.29, 0.717) is 61.4 Å². The van der Waals surface area contributed by atoms with Gasteiger partial charge in [-0.1, -0.05) is 41.4 Å². The number of rotatable bonds is 8. The number of nitrogens with zero attached hydrogens (tertiary/aromatic N) is 3. The molecule has 190 valence electrons. The molecule has 36 heavy (non-hydrogen) atoms. The molecular weight excluding hydrogens is 524 g/mol. The highest BCUT2D eigenvalue weighted by atomic mass is 35.5. The lowest BCUT2D eigenvalue weighted by atomic mass is 10.1. The lowest BCUT2D eigenvalue weighted by molar-refractivity contribution is 0.0710. The van der Waals surface area contributed by atoms with Crippen molar-refractivity contribution in [3.63, 3.8) is 0 Å². The van der Waals surface area contributed by atoms with Crippen LogP contribution in [0.3, 0.4) is 0 Å². The smallest absolute Gasteiger partial charge is 0.254 e. The minimum absolute atomic E-state index is 0.175. The molecule has 1 amide bonds. The van der Waals surface area contributed by atoms with Crippen molar-refractivity contribution in [1.29, 1.82) is 0 Å². The lowest BCUT2D eigenvalue weighted by Crippen LogP contribution is -2.50. The molecule has 1 aliphatic rings. The van der Waals surface area contributed by atoms with E-state index in [2.05, 4.69) is 4.90 Å². The SMILES string of the molecule is O=C(c1cccc(Cl)c1)N(CCN1CCN(S(=O)(=O)c2ccc(Cl)cc2)CC1)Cc1ccc(F)cc1. The zero-order chi connectivity index (χ0) is 25.7. The zero-order valence-corrected chi connectivity index (χ0v) is 21.8. The molecular formula is C26H26Cl2FN3O3S. The van der Waals surface area contributed by atoms with Crippen molar-refractivity contribution >= 4 is 39.1 Å². The van der Waals surface area contributed by atoms with Gasteiger partial charge in [0.15, 0.2) is 0 Å². The van der Waals surface area contributed by atoms with Crippen LogP contribution in [0.4, 0.5) is 4.39 Å². The number of halogens is 3. The van der Waals surface area contributed by atoms with Crippen LogP contribution in [-0.2, 0) is 16.6 Å². The lowest BCUT2D eigenvalue weighted by Gasteiger charge is -2.35. The second-order valence-electron chi connectivity index (χ2n) is 8.56. The number of carbonyl (C=O) groups excluding carboxylic acids is 1. The summed E-state index contributed by atoms with van der Waals surface area (Å²) < 4.78 is 40.7. The Balaban J connectivity index is 1.40. The standard InChI is InChI=1S/C26H26Cl2FN3O3S/c27-22-6-10-25(11-7-22)36(34,35)32-16-13-30(14-17-32)12-15-31(19-20-4-8-24(29)9-5-20)26(33)21-2-1-3-23(28)18-21/h1-11,18H,12-17,19H2. The summed E-state index contributed by atoms with van der Waals surface area (Å²) in [6, 6.07) is 19.0. The van der Waals surface area contributed by atoms with Crippen molar-refractivity contribution in [3.05, 3.63) is 99.8 Å². The molecule has 0 radical (unpaired) electrons. The first-order chi connectivity index (χ1) is 17.2. The van der Waals surface area contributed by atoms with Crippen LogP contribution in [-0.4, -0.2) is 67.7 Å². The zero-order valence-electron chi connectivity index (χ0n) is 19.5. The summed E-state index contributed by atoms with van der Waals surface area (Å²) in [5, 5.41) is 0.955. The molecule has 3 aromatic carbocycles. The highest BCUT2D eigenvalue weighted by Gasteiger charge is 2.29. The van der Waals surface area contributed by atoms with E-state index in [9.17, 15) is 17.6 Å². The van der Waals surface area contributed by atoms with E-state index in [1.807, 2.05) is 0 Å². The molecule has 0 saturated carbocycles. The molecule has 6 nitrogen and oxygen atoms in total. The topological polar surface area (TPSA) is 60.9 Å². The monoisotopic (exact) mass is 549 g/mol. The molecule has 10 heteroatoms. The molecule has 1 saturated heterocycles. The Bertz CT molecular complexity index is 1300. The van der Waals surface area contributed by atoms with Crippen LogP contribution in [0.15, 0.2) is 77.7 Å². The quantitative estimate of drug-likeness (QED) is 0.405. The van der Waals surface area contributed by atoms with Gasteiger partial charge in [-0.15, -0.1) is 0 Å². The number of piperazine rings is 1. The van der Waals surface area contributed by atoms with Gasteiger partial charge in [0, 0.05) is 61.4 Å². The van der Waals surface area contributed by atoms with Crippen molar-refractivity contribution in [1.82, 2.24) is 14.1 Å². The molecule has 0 unspecified atom stereocenters. The van der Waals surface area contributed by atoms with Gasteiger partial charge in [0.05, 0.1) is 4.90 Å². The van der Waals surface area contributed by atoms with E-state index in [1.54, 1.807) is 53.4 Å². The molecule has 0 atom stereocenters. The van der Waals surface area contributed by atoms with Gasteiger partial charge in [0.2, 0.25) is 10.0 Å². The van der Waals surface area contributed by atoms with Gasteiger partial charge in [0.1, 0.15) is 5.82 Å². The number of benzene rings is 3. The Hall–Kier alpha value is -2.49. The van der Waals surface area contributed by atoms with E-state index in [-0.39, 0.29) is 16.6 Å². The number of hydrogen-bond acceptors (Lipinski definition) is 4. The van der Waals surface area contributed by atoms with Gasteiger partial charge < -0.3 is 4.90 Å². The van der Waals surface area contributed by atoms with Gasteiger partial charge in [0.25, 0.3) is 5.91 Å². The third-order valence-corrected chi connectivity index (χ3v) is 8.51. The molecule has 0 bridgehead atoms. The molecule has 1 heterocycles. The largest absolute Gasteiger partial charge is 0.333 e. The number of carbonyl (C=O) groups is 1. The van der Waals surface area contributed by atoms with Crippen LogP contribution >= 0.6 is 23.2 Å². The number of hydrogen-bond donors (Lipinski definition) is 0.